The van der Waals surface area contributed by atoms with E-state index in [1.165, 1.54) is 45.8 Å². The number of benzene rings is 1. The standard InChI is InChI=1S/C16H12FN5OS2/c1-10-20-22-14(23)8-12(19-16(22)25-10)9-24-15-18-5-6-21(15)13-4-2-3-11(17)7-13/h2-8H,9H2,1H3. The highest BCUT2D eigenvalue weighted by molar-refractivity contribution is 7.98. The minimum absolute atomic E-state index is 0.196. The first-order valence-electron chi connectivity index (χ1n) is 7.39. The quantitative estimate of drug-likeness (QED) is 0.515. The molecule has 4 rings (SSSR count). The molecule has 0 aliphatic heterocycles. The number of thioether (sulfide) groups is 1. The summed E-state index contributed by atoms with van der Waals surface area (Å²) in [4.78, 5) is 21.5. The van der Waals surface area contributed by atoms with Crippen LogP contribution in [0.5, 0.6) is 0 Å². The smallest absolute Gasteiger partial charge is 0.275 e. The van der Waals surface area contributed by atoms with Crippen LogP contribution in [-0.2, 0) is 5.75 Å². The summed E-state index contributed by atoms with van der Waals surface area (Å²) in [5.41, 5.74) is 1.16. The predicted octanol–water partition coefficient (Wildman–Crippen LogP) is 3.08. The van der Waals surface area contributed by atoms with Gasteiger partial charge in [0.15, 0.2) is 5.16 Å². The van der Waals surface area contributed by atoms with E-state index in [0.29, 0.717) is 27.3 Å². The summed E-state index contributed by atoms with van der Waals surface area (Å²) in [6.07, 6.45) is 3.43. The second kappa shape index (κ2) is 6.41. The number of hydrogen-bond acceptors (Lipinski definition) is 6. The van der Waals surface area contributed by atoms with Crippen molar-refractivity contribution >= 4 is 28.1 Å². The van der Waals surface area contributed by atoms with Crippen molar-refractivity contribution in [1.82, 2.24) is 24.1 Å². The van der Waals surface area contributed by atoms with Crippen LogP contribution in [0, 0.1) is 12.7 Å². The minimum Gasteiger partial charge on any atom is -0.295 e. The molecule has 3 aromatic heterocycles. The highest BCUT2D eigenvalue weighted by atomic mass is 32.2. The molecule has 0 fully saturated rings. The van der Waals surface area contributed by atoms with Crippen molar-refractivity contribution in [3.8, 4) is 5.69 Å². The molecule has 0 saturated heterocycles. The van der Waals surface area contributed by atoms with E-state index in [-0.39, 0.29) is 11.4 Å². The lowest BCUT2D eigenvalue weighted by Crippen LogP contribution is -2.15. The molecule has 0 saturated carbocycles. The summed E-state index contributed by atoms with van der Waals surface area (Å²) < 4.78 is 16.6. The molecule has 0 bridgehead atoms. The second-order valence-corrected chi connectivity index (χ2v) is 7.35. The van der Waals surface area contributed by atoms with Gasteiger partial charge in [-0.3, -0.25) is 9.36 Å². The van der Waals surface area contributed by atoms with Gasteiger partial charge >= 0.3 is 0 Å². The molecule has 6 nitrogen and oxygen atoms in total. The highest BCUT2D eigenvalue weighted by Gasteiger charge is 2.10. The fourth-order valence-electron chi connectivity index (χ4n) is 2.38. The number of hydrogen-bond donors (Lipinski definition) is 0. The van der Waals surface area contributed by atoms with Crippen molar-refractivity contribution in [1.29, 1.82) is 0 Å². The van der Waals surface area contributed by atoms with Crippen LogP contribution in [0.1, 0.15) is 10.7 Å². The summed E-state index contributed by atoms with van der Waals surface area (Å²) in [5, 5.41) is 5.62. The van der Waals surface area contributed by atoms with Gasteiger partial charge in [0.1, 0.15) is 10.8 Å². The Bertz CT molecular complexity index is 1120. The maximum absolute atomic E-state index is 13.4. The lowest BCUT2D eigenvalue weighted by atomic mass is 10.3. The minimum atomic E-state index is -0.303. The Balaban J connectivity index is 1.60. The van der Waals surface area contributed by atoms with Crippen LogP contribution in [0.3, 0.4) is 0 Å². The van der Waals surface area contributed by atoms with Crippen LogP contribution in [0.15, 0.2) is 52.7 Å². The van der Waals surface area contributed by atoms with Crippen molar-refractivity contribution in [3.05, 3.63) is 69.6 Å². The zero-order valence-electron chi connectivity index (χ0n) is 13.1. The number of fused-ring (bicyclic) bond motifs is 1. The number of imidazole rings is 1. The Labute approximate surface area is 150 Å². The summed E-state index contributed by atoms with van der Waals surface area (Å²) in [5.74, 6) is 0.178. The average molecular weight is 373 g/mol. The summed E-state index contributed by atoms with van der Waals surface area (Å²) in [6.45, 7) is 1.84. The second-order valence-electron chi connectivity index (χ2n) is 5.25. The zero-order chi connectivity index (χ0) is 17.4. The van der Waals surface area contributed by atoms with Gasteiger partial charge in [-0.1, -0.05) is 29.2 Å². The van der Waals surface area contributed by atoms with Crippen LogP contribution in [0.4, 0.5) is 4.39 Å². The van der Waals surface area contributed by atoms with E-state index in [9.17, 15) is 9.18 Å². The van der Waals surface area contributed by atoms with Crippen molar-refractivity contribution in [2.24, 2.45) is 0 Å². The van der Waals surface area contributed by atoms with Crippen LogP contribution >= 0.6 is 23.1 Å². The number of halogens is 1. The third-order valence-electron chi connectivity index (χ3n) is 3.44. The zero-order valence-corrected chi connectivity index (χ0v) is 14.7. The summed E-state index contributed by atoms with van der Waals surface area (Å²) in [7, 11) is 0. The van der Waals surface area contributed by atoms with Gasteiger partial charge < -0.3 is 0 Å². The fraction of sp³-hybridized carbons (Fsp3) is 0.125. The number of aromatic nitrogens is 5. The van der Waals surface area contributed by atoms with E-state index >= 15 is 0 Å². The normalized spacial score (nSPS) is 11.3. The molecule has 126 valence electrons. The largest absolute Gasteiger partial charge is 0.295 e. The Morgan fingerprint density at radius 2 is 2.20 bits per heavy atom. The third-order valence-corrected chi connectivity index (χ3v) is 5.27. The van der Waals surface area contributed by atoms with Gasteiger partial charge in [0.2, 0.25) is 4.96 Å². The van der Waals surface area contributed by atoms with E-state index < -0.39 is 0 Å². The van der Waals surface area contributed by atoms with Gasteiger partial charge in [-0.2, -0.15) is 9.61 Å². The van der Waals surface area contributed by atoms with Gasteiger partial charge in [0.25, 0.3) is 5.56 Å². The molecule has 1 aromatic carbocycles. The average Bonchev–Trinajstić information content (AvgIpc) is 3.19. The van der Waals surface area contributed by atoms with Crippen molar-refractivity contribution in [2.75, 3.05) is 0 Å². The van der Waals surface area contributed by atoms with E-state index in [1.807, 2.05) is 13.0 Å². The Hall–Kier alpha value is -2.52. The van der Waals surface area contributed by atoms with E-state index in [0.717, 1.165) is 5.01 Å². The summed E-state index contributed by atoms with van der Waals surface area (Å²) in [6, 6.07) is 7.79. The van der Waals surface area contributed by atoms with Crippen molar-refractivity contribution in [2.45, 2.75) is 17.8 Å². The van der Waals surface area contributed by atoms with Crippen LogP contribution < -0.4 is 5.56 Å². The topological polar surface area (TPSA) is 65.1 Å². The molecule has 4 aromatic rings. The fourth-order valence-corrected chi connectivity index (χ4v) is 4.02. The molecular formula is C16H12FN5OS2. The van der Waals surface area contributed by atoms with Crippen LogP contribution in [0.25, 0.3) is 10.6 Å². The molecule has 0 aliphatic carbocycles. The lowest BCUT2D eigenvalue weighted by molar-refractivity contribution is 0.626. The van der Waals surface area contributed by atoms with Crippen LogP contribution in [-0.4, -0.2) is 24.1 Å². The molecule has 0 atom stereocenters. The predicted molar refractivity (Wildman–Crippen MR) is 95.0 cm³/mol. The molecule has 0 radical (unpaired) electrons. The molecule has 0 amide bonds. The van der Waals surface area contributed by atoms with Gasteiger partial charge in [0.05, 0.1) is 11.4 Å². The van der Waals surface area contributed by atoms with Gasteiger partial charge in [-0.15, -0.1) is 0 Å². The Morgan fingerprint density at radius 3 is 3.04 bits per heavy atom. The highest BCUT2D eigenvalue weighted by Crippen LogP contribution is 2.24. The van der Waals surface area contributed by atoms with Gasteiger partial charge in [0, 0.05) is 24.2 Å². The van der Waals surface area contributed by atoms with Crippen LogP contribution in [0.2, 0.25) is 0 Å². The third kappa shape index (κ3) is 3.20. The first-order chi connectivity index (χ1) is 12.1. The number of rotatable bonds is 4. The van der Waals surface area contributed by atoms with E-state index in [1.54, 1.807) is 23.0 Å². The number of nitrogens with zero attached hydrogens (tertiary/aromatic N) is 5. The van der Waals surface area contributed by atoms with Crippen molar-refractivity contribution in [3.63, 3.8) is 0 Å². The van der Waals surface area contributed by atoms with Gasteiger partial charge in [-0.05, 0) is 25.1 Å². The number of aryl methyl sites for hydroxylation is 1. The molecule has 0 N–H and O–H groups in total. The SMILES string of the molecule is Cc1nn2c(=O)cc(CSc3nccn3-c3cccc(F)c3)nc2s1. The first-order valence-corrected chi connectivity index (χ1v) is 9.19. The molecule has 0 spiro atoms. The first kappa shape index (κ1) is 16.0. The molecule has 3 heterocycles. The monoisotopic (exact) mass is 373 g/mol. The lowest BCUT2D eigenvalue weighted by Gasteiger charge is -2.07. The van der Waals surface area contributed by atoms with E-state index in [2.05, 4.69) is 15.1 Å². The maximum atomic E-state index is 13.4. The molecule has 0 aliphatic rings. The van der Waals surface area contributed by atoms with E-state index in [4.69, 9.17) is 0 Å². The van der Waals surface area contributed by atoms with Crippen molar-refractivity contribution < 1.29 is 4.39 Å². The molecule has 25 heavy (non-hydrogen) atoms. The molecular weight excluding hydrogens is 361 g/mol. The maximum Gasteiger partial charge on any atom is 0.275 e. The summed E-state index contributed by atoms with van der Waals surface area (Å²) >= 11 is 2.81. The Kier molecular flexibility index (Phi) is 4.10. The molecule has 9 heteroatoms. The van der Waals surface area contributed by atoms with Gasteiger partial charge in [-0.25, -0.2) is 14.4 Å². The molecule has 0 unspecified atom stereocenters. The Morgan fingerprint density at radius 1 is 1.32 bits per heavy atom.